The third-order valence-electron chi connectivity index (χ3n) is 3.09. The summed E-state index contributed by atoms with van der Waals surface area (Å²) in [5.74, 6) is -0.207. The number of ether oxygens (including phenoxy) is 1. The minimum atomic E-state index is -0.607. The van der Waals surface area contributed by atoms with Crippen LogP contribution in [0.25, 0.3) is 0 Å². The highest BCUT2D eigenvalue weighted by atomic mass is 19.1. The van der Waals surface area contributed by atoms with Crippen LogP contribution in [0, 0.1) is 11.7 Å². The normalized spacial score (nSPS) is 14.4. The molecule has 1 aliphatic heterocycles. The van der Waals surface area contributed by atoms with Gasteiger partial charge in [-0.2, -0.15) is 0 Å². The van der Waals surface area contributed by atoms with Gasteiger partial charge in [0.15, 0.2) is 5.78 Å². The van der Waals surface area contributed by atoms with E-state index < -0.39 is 11.9 Å². The number of hydrogen-bond acceptors (Lipinski definition) is 4. The quantitative estimate of drug-likeness (QED) is 0.927. The molecular weight excluding hydrogens is 287 g/mol. The molecule has 0 atom stereocenters. The van der Waals surface area contributed by atoms with Crippen LogP contribution in [0.5, 0.6) is 0 Å². The van der Waals surface area contributed by atoms with Gasteiger partial charge in [-0.3, -0.25) is 10.1 Å². The van der Waals surface area contributed by atoms with Crippen molar-refractivity contribution in [3.8, 4) is 0 Å². The second-order valence-electron chi connectivity index (χ2n) is 5.51. The number of benzene rings is 1. The molecule has 1 heterocycles. The van der Waals surface area contributed by atoms with Crippen molar-refractivity contribution < 1.29 is 18.7 Å². The zero-order chi connectivity index (χ0) is 16.1. The van der Waals surface area contributed by atoms with Crippen LogP contribution >= 0.6 is 0 Å². The van der Waals surface area contributed by atoms with E-state index in [0.29, 0.717) is 30.9 Å². The maximum atomic E-state index is 14.1. The van der Waals surface area contributed by atoms with Gasteiger partial charge < -0.3 is 9.64 Å². The molecule has 0 saturated heterocycles. The van der Waals surface area contributed by atoms with E-state index in [1.165, 1.54) is 12.1 Å². The molecule has 0 unspecified atom stereocenters. The second-order valence-corrected chi connectivity index (χ2v) is 5.51. The van der Waals surface area contributed by atoms with Gasteiger partial charge in [0.25, 0.3) is 0 Å². The summed E-state index contributed by atoms with van der Waals surface area (Å²) in [4.78, 5) is 24.3. The number of nitrogens with zero attached hydrogens (tertiary/aromatic N) is 1. The zero-order valence-corrected chi connectivity index (χ0v) is 12.6. The number of halogens is 1. The van der Waals surface area contributed by atoms with Crippen LogP contribution in [0.2, 0.25) is 0 Å². The van der Waals surface area contributed by atoms with E-state index in [0.717, 1.165) is 0 Å². The summed E-state index contributed by atoms with van der Waals surface area (Å²) in [6.45, 7) is 4.60. The van der Waals surface area contributed by atoms with Gasteiger partial charge in [-0.05, 0) is 30.2 Å². The van der Waals surface area contributed by atoms with Crippen LogP contribution in [-0.2, 0) is 9.53 Å². The van der Waals surface area contributed by atoms with Gasteiger partial charge >= 0.3 is 6.09 Å². The third kappa shape index (κ3) is 4.31. The Kier molecular flexibility index (Phi) is 5.14. The monoisotopic (exact) mass is 306 g/mol. The van der Waals surface area contributed by atoms with E-state index in [1.54, 1.807) is 23.2 Å². The molecule has 1 aliphatic rings. The molecule has 0 aromatic heterocycles. The fourth-order valence-corrected chi connectivity index (χ4v) is 1.98. The van der Waals surface area contributed by atoms with Gasteiger partial charge in [-0.25, -0.2) is 9.18 Å². The fourth-order valence-electron chi connectivity index (χ4n) is 1.98. The van der Waals surface area contributed by atoms with Crippen molar-refractivity contribution in [2.45, 2.75) is 20.3 Å². The Hall–Kier alpha value is -2.37. The molecule has 0 aliphatic carbocycles. The first-order valence-electron chi connectivity index (χ1n) is 7.16. The Labute approximate surface area is 128 Å². The molecule has 0 fully saturated rings. The Balaban J connectivity index is 2.02. The Bertz CT molecular complexity index is 599. The fraction of sp³-hybridized carbons (Fsp3) is 0.375. The zero-order valence-electron chi connectivity index (χ0n) is 12.6. The van der Waals surface area contributed by atoms with Crippen molar-refractivity contribution in [1.29, 1.82) is 0 Å². The molecule has 6 heteroatoms. The minimum Gasteiger partial charge on any atom is -0.449 e. The Morgan fingerprint density at radius 3 is 2.82 bits per heavy atom. The molecule has 118 valence electrons. The molecule has 22 heavy (non-hydrogen) atoms. The molecule has 1 N–H and O–H groups in total. The predicted octanol–water partition coefficient (Wildman–Crippen LogP) is 3.32. The number of carbonyl (C=O) groups is 2. The lowest BCUT2D eigenvalue weighted by molar-refractivity contribution is -0.114. The lowest BCUT2D eigenvalue weighted by Crippen LogP contribution is -2.25. The van der Waals surface area contributed by atoms with Gasteiger partial charge in [-0.15, -0.1) is 0 Å². The van der Waals surface area contributed by atoms with Crippen molar-refractivity contribution in [3.05, 3.63) is 36.3 Å². The average molecular weight is 306 g/mol. The summed E-state index contributed by atoms with van der Waals surface area (Å²) in [7, 11) is 0. The summed E-state index contributed by atoms with van der Waals surface area (Å²) < 4.78 is 19.1. The maximum Gasteiger partial charge on any atom is 0.411 e. The highest BCUT2D eigenvalue weighted by molar-refractivity contribution is 5.92. The number of amides is 1. The van der Waals surface area contributed by atoms with E-state index in [2.05, 4.69) is 5.32 Å². The van der Waals surface area contributed by atoms with Crippen molar-refractivity contribution >= 4 is 23.3 Å². The molecule has 0 saturated carbocycles. The highest BCUT2D eigenvalue weighted by Crippen LogP contribution is 2.24. The van der Waals surface area contributed by atoms with E-state index in [9.17, 15) is 14.0 Å². The first-order valence-corrected chi connectivity index (χ1v) is 7.16. The van der Waals surface area contributed by atoms with Crippen LogP contribution < -0.4 is 10.2 Å². The van der Waals surface area contributed by atoms with Crippen molar-refractivity contribution in [2.75, 3.05) is 23.4 Å². The SMILES string of the molecule is CC(C)COC(=O)Nc1ccc(N2C=CC(=O)CC2)c(F)c1. The number of anilines is 2. The standard InChI is InChI=1S/C16H19FN2O3/c1-11(2)10-22-16(21)18-12-3-4-15(14(17)9-12)19-7-5-13(20)6-8-19/h3-5,7,9,11H,6,8,10H2,1-2H3,(H,18,21). The smallest absolute Gasteiger partial charge is 0.411 e. The molecule has 0 radical (unpaired) electrons. The van der Waals surface area contributed by atoms with Crippen LogP contribution in [-0.4, -0.2) is 25.0 Å². The number of nitrogens with one attached hydrogen (secondary N) is 1. The van der Waals surface area contributed by atoms with Gasteiger partial charge in [0.05, 0.1) is 12.3 Å². The van der Waals surface area contributed by atoms with Crippen LogP contribution in [0.1, 0.15) is 20.3 Å². The Morgan fingerprint density at radius 1 is 1.45 bits per heavy atom. The van der Waals surface area contributed by atoms with E-state index in [1.807, 2.05) is 13.8 Å². The molecule has 5 nitrogen and oxygen atoms in total. The van der Waals surface area contributed by atoms with Crippen LogP contribution in [0.3, 0.4) is 0 Å². The second kappa shape index (κ2) is 7.06. The number of allylic oxidation sites excluding steroid dienone is 1. The average Bonchev–Trinajstić information content (AvgIpc) is 2.46. The molecule has 1 aromatic rings. The van der Waals surface area contributed by atoms with Crippen molar-refractivity contribution in [3.63, 3.8) is 0 Å². The molecular formula is C16H19FN2O3. The summed E-state index contributed by atoms with van der Waals surface area (Å²) in [6.07, 6.45) is 2.74. The third-order valence-corrected chi connectivity index (χ3v) is 3.09. The summed E-state index contributed by atoms with van der Waals surface area (Å²) in [5.41, 5.74) is 0.692. The van der Waals surface area contributed by atoms with Gasteiger partial charge in [0.1, 0.15) is 5.82 Å². The number of rotatable bonds is 4. The lowest BCUT2D eigenvalue weighted by Gasteiger charge is -2.23. The molecule has 0 spiro atoms. The number of hydrogen-bond donors (Lipinski definition) is 1. The van der Waals surface area contributed by atoms with E-state index in [-0.39, 0.29) is 11.7 Å². The summed E-state index contributed by atoms with van der Waals surface area (Å²) in [6, 6.07) is 4.39. The number of ketones is 1. The maximum absolute atomic E-state index is 14.1. The van der Waals surface area contributed by atoms with E-state index in [4.69, 9.17) is 4.74 Å². The first kappa shape index (κ1) is 16.0. The molecule has 2 rings (SSSR count). The van der Waals surface area contributed by atoms with E-state index >= 15 is 0 Å². The molecule has 1 amide bonds. The van der Waals surface area contributed by atoms with Gasteiger partial charge in [0.2, 0.25) is 0 Å². The number of carbonyl (C=O) groups excluding carboxylic acids is 2. The van der Waals surface area contributed by atoms with Gasteiger partial charge in [0, 0.05) is 24.9 Å². The van der Waals surface area contributed by atoms with Crippen LogP contribution in [0.15, 0.2) is 30.5 Å². The highest BCUT2D eigenvalue weighted by Gasteiger charge is 2.15. The minimum absolute atomic E-state index is 0.0304. The van der Waals surface area contributed by atoms with Gasteiger partial charge in [-0.1, -0.05) is 13.8 Å². The van der Waals surface area contributed by atoms with Crippen molar-refractivity contribution in [1.82, 2.24) is 0 Å². The lowest BCUT2D eigenvalue weighted by atomic mass is 10.1. The predicted molar refractivity (Wildman–Crippen MR) is 82.3 cm³/mol. The summed E-state index contributed by atoms with van der Waals surface area (Å²) in [5, 5.41) is 2.48. The summed E-state index contributed by atoms with van der Waals surface area (Å²) >= 11 is 0. The largest absolute Gasteiger partial charge is 0.449 e. The molecule has 0 bridgehead atoms. The van der Waals surface area contributed by atoms with Crippen molar-refractivity contribution in [2.24, 2.45) is 5.92 Å². The molecule has 1 aromatic carbocycles. The first-order chi connectivity index (χ1) is 10.5. The van der Waals surface area contributed by atoms with Crippen LogP contribution in [0.4, 0.5) is 20.6 Å². The topological polar surface area (TPSA) is 58.6 Å². The Morgan fingerprint density at radius 2 is 2.23 bits per heavy atom.